The van der Waals surface area contributed by atoms with Crippen molar-refractivity contribution in [3.63, 3.8) is 0 Å². The van der Waals surface area contributed by atoms with Gasteiger partial charge in [0.25, 0.3) is 0 Å². The van der Waals surface area contributed by atoms with E-state index >= 15 is 0 Å². The molecule has 3 aliphatic rings. The van der Waals surface area contributed by atoms with Gasteiger partial charge < -0.3 is 4.74 Å². The van der Waals surface area contributed by atoms with E-state index in [-0.39, 0.29) is 24.8 Å². The third-order valence-corrected chi connectivity index (χ3v) is 6.13. The number of aromatic nitrogens is 3. The third-order valence-electron chi connectivity index (χ3n) is 6.13. The van der Waals surface area contributed by atoms with Gasteiger partial charge >= 0.3 is 0 Å². The molecule has 27 heavy (non-hydrogen) atoms. The zero-order chi connectivity index (χ0) is 18.6. The van der Waals surface area contributed by atoms with Gasteiger partial charge in [-0.05, 0) is 43.0 Å². The van der Waals surface area contributed by atoms with E-state index in [4.69, 9.17) is 9.84 Å². The number of allylic oxidation sites excluding steroid dienone is 2. The van der Waals surface area contributed by atoms with E-state index in [1.807, 2.05) is 10.9 Å². The van der Waals surface area contributed by atoms with Gasteiger partial charge in [0.05, 0.1) is 24.0 Å². The Hall–Kier alpha value is -2.08. The molecule has 0 amide bonds. The second kappa shape index (κ2) is 6.23. The molecule has 1 saturated carbocycles. The summed E-state index contributed by atoms with van der Waals surface area (Å²) in [5.41, 5.74) is 6.29. The fourth-order valence-corrected chi connectivity index (χ4v) is 4.55. The molecule has 2 aliphatic carbocycles. The molecule has 142 valence electrons. The molecule has 0 radical (unpaired) electrons. The van der Waals surface area contributed by atoms with E-state index in [1.54, 1.807) is 0 Å². The number of pyridine rings is 1. The Kier molecular flexibility index (Phi) is 3.93. The van der Waals surface area contributed by atoms with Gasteiger partial charge in [-0.3, -0.25) is 9.67 Å². The smallest absolute Gasteiger partial charge is 0.250 e. The lowest BCUT2D eigenvalue weighted by atomic mass is 10.0. The van der Waals surface area contributed by atoms with E-state index in [0.29, 0.717) is 13.0 Å². The Morgan fingerprint density at radius 1 is 1.26 bits per heavy atom. The van der Waals surface area contributed by atoms with Gasteiger partial charge in [0.2, 0.25) is 5.92 Å². The molecule has 0 bridgehead atoms. The highest BCUT2D eigenvalue weighted by atomic mass is 19.3. The van der Waals surface area contributed by atoms with Crippen LogP contribution in [0.15, 0.2) is 24.4 Å². The maximum atomic E-state index is 13.8. The van der Waals surface area contributed by atoms with E-state index < -0.39 is 5.92 Å². The van der Waals surface area contributed by atoms with Gasteiger partial charge in [-0.15, -0.1) is 0 Å². The summed E-state index contributed by atoms with van der Waals surface area (Å²) >= 11 is 0. The lowest BCUT2D eigenvalue weighted by Crippen LogP contribution is -2.16. The van der Waals surface area contributed by atoms with Crippen LogP contribution in [0, 0.1) is 0 Å². The molecule has 2 aromatic heterocycles. The number of hydrogen-bond donors (Lipinski definition) is 0. The molecule has 1 saturated heterocycles. The predicted molar refractivity (Wildman–Crippen MR) is 98.8 cm³/mol. The van der Waals surface area contributed by atoms with Crippen molar-refractivity contribution >= 4 is 5.57 Å². The second-order valence-corrected chi connectivity index (χ2v) is 8.02. The van der Waals surface area contributed by atoms with Crippen LogP contribution in [-0.2, 0) is 11.2 Å². The minimum Gasteiger partial charge on any atom is -0.381 e. The monoisotopic (exact) mass is 371 g/mol. The van der Waals surface area contributed by atoms with Crippen LogP contribution in [-0.4, -0.2) is 33.9 Å². The summed E-state index contributed by atoms with van der Waals surface area (Å²) < 4.78 is 35.1. The number of hydrogen-bond acceptors (Lipinski definition) is 3. The SMILES string of the molecule is CC1=CCc2ncc(-c3cc([C@H]4CCOC4)n([C@H]4CCC(F)(F)C4)n3)cc21. The lowest BCUT2D eigenvalue weighted by Gasteiger charge is -2.17. The van der Waals surface area contributed by atoms with Crippen molar-refractivity contribution in [2.45, 2.75) is 56.9 Å². The largest absolute Gasteiger partial charge is 0.381 e. The Balaban J connectivity index is 1.55. The molecule has 5 rings (SSSR count). The molecule has 2 atom stereocenters. The van der Waals surface area contributed by atoms with Gasteiger partial charge in [-0.1, -0.05) is 6.08 Å². The van der Waals surface area contributed by atoms with Crippen molar-refractivity contribution in [3.05, 3.63) is 41.4 Å². The average Bonchev–Trinajstić information content (AvgIpc) is 3.40. The number of rotatable bonds is 3. The summed E-state index contributed by atoms with van der Waals surface area (Å²) in [5, 5.41) is 4.79. The Morgan fingerprint density at radius 2 is 2.15 bits per heavy atom. The molecule has 0 aromatic carbocycles. The number of ether oxygens (including phenoxy) is 1. The molecular weight excluding hydrogens is 348 g/mol. The summed E-state index contributed by atoms with van der Waals surface area (Å²) in [6, 6.07) is 3.95. The van der Waals surface area contributed by atoms with E-state index in [9.17, 15) is 8.78 Å². The third kappa shape index (κ3) is 3.00. The van der Waals surface area contributed by atoms with E-state index in [2.05, 4.69) is 30.1 Å². The molecule has 1 aliphatic heterocycles. The number of halogens is 2. The zero-order valence-corrected chi connectivity index (χ0v) is 15.4. The summed E-state index contributed by atoms with van der Waals surface area (Å²) in [4.78, 5) is 4.60. The van der Waals surface area contributed by atoms with Crippen LogP contribution < -0.4 is 0 Å². The van der Waals surface area contributed by atoms with E-state index in [1.165, 1.54) is 11.1 Å². The van der Waals surface area contributed by atoms with Crippen LogP contribution in [0.3, 0.4) is 0 Å². The van der Waals surface area contributed by atoms with Crippen molar-refractivity contribution in [3.8, 4) is 11.3 Å². The molecule has 6 heteroatoms. The minimum absolute atomic E-state index is 0.0577. The fraction of sp³-hybridized carbons (Fsp3) is 0.524. The second-order valence-electron chi connectivity index (χ2n) is 8.02. The van der Waals surface area contributed by atoms with Crippen LogP contribution in [0.25, 0.3) is 16.8 Å². The van der Waals surface area contributed by atoms with Crippen molar-refractivity contribution < 1.29 is 13.5 Å². The Labute approximate surface area is 157 Å². The maximum absolute atomic E-state index is 13.8. The first kappa shape index (κ1) is 17.0. The first-order chi connectivity index (χ1) is 13.0. The molecule has 3 heterocycles. The van der Waals surface area contributed by atoms with Gasteiger partial charge in [0.15, 0.2) is 0 Å². The fourth-order valence-electron chi connectivity index (χ4n) is 4.55. The summed E-state index contributed by atoms with van der Waals surface area (Å²) in [5.74, 6) is -2.36. The summed E-state index contributed by atoms with van der Waals surface area (Å²) in [6.07, 6.45) is 6.12. The average molecular weight is 371 g/mol. The standard InChI is InChI=1S/C21H23F2N3O/c1-13-2-3-18-17(13)8-15(11-24-18)19-9-20(14-5-7-27-12-14)26(25-19)16-4-6-21(22,23)10-16/h2,8-9,11,14,16H,3-7,10,12H2,1H3/t14-,16-/m0/s1. The highest BCUT2D eigenvalue weighted by Crippen LogP contribution is 2.43. The van der Waals surface area contributed by atoms with E-state index in [0.717, 1.165) is 42.1 Å². The first-order valence-corrected chi connectivity index (χ1v) is 9.72. The Morgan fingerprint density at radius 3 is 2.89 bits per heavy atom. The first-order valence-electron chi connectivity index (χ1n) is 9.72. The van der Waals surface area contributed by atoms with Gasteiger partial charge in [-0.25, -0.2) is 8.78 Å². The molecule has 4 nitrogen and oxygen atoms in total. The highest BCUT2D eigenvalue weighted by Gasteiger charge is 2.42. The predicted octanol–water partition coefficient (Wildman–Crippen LogP) is 4.77. The lowest BCUT2D eigenvalue weighted by molar-refractivity contribution is 0.00505. The molecular formula is C21H23F2N3O. The summed E-state index contributed by atoms with van der Waals surface area (Å²) in [7, 11) is 0. The molecule has 0 N–H and O–H groups in total. The van der Waals surface area contributed by atoms with Crippen molar-refractivity contribution in [2.24, 2.45) is 0 Å². The van der Waals surface area contributed by atoms with Crippen molar-refractivity contribution in [2.75, 3.05) is 13.2 Å². The van der Waals surface area contributed by atoms with Crippen molar-refractivity contribution in [1.29, 1.82) is 0 Å². The quantitative estimate of drug-likeness (QED) is 0.780. The van der Waals surface area contributed by atoms with Crippen LogP contribution in [0.2, 0.25) is 0 Å². The van der Waals surface area contributed by atoms with Crippen LogP contribution in [0.4, 0.5) is 8.78 Å². The van der Waals surface area contributed by atoms with Crippen LogP contribution in [0.1, 0.15) is 61.5 Å². The molecule has 2 aromatic rings. The number of alkyl halides is 2. The van der Waals surface area contributed by atoms with Crippen LogP contribution in [0.5, 0.6) is 0 Å². The molecule has 0 spiro atoms. The minimum atomic E-state index is -2.59. The highest BCUT2D eigenvalue weighted by molar-refractivity contribution is 5.74. The van der Waals surface area contributed by atoms with Gasteiger partial charge in [0.1, 0.15) is 0 Å². The number of nitrogens with zero attached hydrogens (tertiary/aromatic N) is 3. The van der Waals surface area contributed by atoms with Crippen molar-refractivity contribution in [1.82, 2.24) is 14.8 Å². The Bertz CT molecular complexity index is 912. The normalized spacial score (nSPS) is 26.4. The zero-order valence-electron chi connectivity index (χ0n) is 15.4. The number of fused-ring (bicyclic) bond motifs is 1. The maximum Gasteiger partial charge on any atom is 0.250 e. The van der Waals surface area contributed by atoms with Crippen LogP contribution >= 0.6 is 0 Å². The van der Waals surface area contributed by atoms with Gasteiger partial charge in [0, 0.05) is 49.2 Å². The summed E-state index contributed by atoms with van der Waals surface area (Å²) in [6.45, 7) is 3.45. The molecule has 2 fully saturated rings. The topological polar surface area (TPSA) is 39.9 Å². The van der Waals surface area contributed by atoms with Gasteiger partial charge in [-0.2, -0.15) is 5.10 Å². The molecule has 0 unspecified atom stereocenters.